The standard InChI is InChI=1S/C21H23ClN2O5/c1-27-16-10-14(11-17(13-16)28-2)20(25)23-6-8-24(9-7-23)21(26)18-12-15(22)4-5-19(18)29-3/h4-5,10-13H,6-9H2,1-3H3. The van der Waals surface area contributed by atoms with Crippen LogP contribution < -0.4 is 14.2 Å². The van der Waals surface area contributed by atoms with Crippen LogP contribution in [0.25, 0.3) is 0 Å². The van der Waals surface area contributed by atoms with Gasteiger partial charge in [-0.2, -0.15) is 0 Å². The van der Waals surface area contributed by atoms with E-state index < -0.39 is 0 Å². The number of benzene rings is 2. The molecule has 0 radical (unpaired) electrons. The van der Waals surface area contributed by atoms with Crippen molar-refractivity contribution in [1.29, 1.82) is 0 Å². The Morgan fingerprint density at radius 1 is 0.793 bits per heavy atom. The fourth-order valence-corrected chi connectivity index (χ4v) is 3.42. The number of rotatable bonds is 5. The van der Waals surface area contributed by atoms with Gasteiger partial charge in [0, 0.05) is 42.8 Å². The van der Waals surface area contributed by atoms with Gasteiger partial charge in [-0.3, -0.25) is 9.59 Å². The Kier molecular flexibility index (Phi) is 6.49. The van der Waals surface area contributed by atoms with Crippen molar-refractivity contribution in [3.05, 3.63) is 52.5 Å². The van der Waals surface area contributed by atoms with Crippen molar-refractivity contribution in [1.82, 2.24) is 9.80 Å². The number of hydrogen-bond acceptors (Lipinski definition) is 5. The molecular weight excluding hydrogens is 396 g/mol. The molecule has 0 bridgehead atoms. The van der Waals surface area contributed by atoms with Crippen molar-refractivity contribution in [2.75, 3.05) is 47.5 Å². The molecule has 0 saturated carbocycles. The summed E-state index contributed by atoms with van der Waals surface area (Å²) in [4.78, 5) is 29.2. The Bertz CT molecular complexity index is 888. The number of amides is 2. The maximum atomic E-state index is 12.9. The molecule has 0 unspecified atom stereocenters. The van der Waals surface area contributed by atoms with Gasteiger partial charge in [0.15, 0.2) is 0 Å². The summed E-state index contributed by atoms with van der Waals surface area (Å²) >= 11 is 6.04. The summed E-state index contributed by atoms with van der Waals surface area (Å²) in [6, 6.07) is 10.0. The first kappa shape index (κ1) is 20.8. The van der Waals surface area contributed by atoms with Crippen LogP contribution in [0.3, 0.4) is 0 Å². The zero-order chi connectivity index (χ0) is 21.0. The van der Waals surface area contributed by atoms with Crippen LogP contribution in [-0.2, 0) is 0 Å². The Labute approximate surface area is 174 Å². The van der Waals surface area contributed by atoms with Crippen LogP contribution in [0.1, 0.15) is 20.7 Å². The summed E-state index contributed by atoms with van der Waals surface area (Å²) in [5.74, 6) is 1.28. The number of ether oxygens (including phenoxy) is 3. The molecule has 3 rings (SSSR count). The minimum atomic E-state index is -0.167. The fraction of sp³-hybridized carbons (Fsp3) is 0.333. The monoisotopic (exact) mass is 418 g/mol. The molecule has 0 spiro atoms. The van der Waals surface area contributed by atoms with Crippen molar-refractivity contribution in [2.24, 2.45) is 0 Å². The molecule has 0 N–H and O–H groups in total. The molecule has 0 atom stereocenters. The van der Waals surface area contributed by atoms with Crippen LogP contribution in [0.4, 0.5) is 0 Å². The van der Waals surface area contributed by atoms with Crippen molar-refractivity contribution in [2.45, 2.75) is 0 Å². The van der Waals surface area contributed by atoms with Crippen LogP contribution >= 0.6 is 11.6 Å². The van der Waals surface area contributed by atoms with Crippen LogP contribution in [0.5, 0.6) is 17.2 Å². The number of methoxy groups -OCH3 is 3. The molecule has 7 nitrogen and oxygen atoms in total. The summed E-state index contributed by atoms with van der Waals surface area (Å²) in [7, 11) is 4.59. The normalized spacial score (nSPS) is 13.8. The largest absolute Gasteiger partial charge is 0.497 e. The van der Waals surface area contributed by atoms with Crippen molar-refractivity contribution < 1.29 is 23.8 Å². The van der Waals surface area contributed by atoms with Gasteiger partial charge >= 0.3 is 0 Å². The van der Waals surface area contributed by atoms with E-state index in [0.717, 1.165) is 0 Å². The summed E-state index contributed by atoms with van der Waals surface area (Å²) in [5, 5.41) is 0.468. The zero-order valence-electron chi connectivity index (χ0n) is 16.6. The number of piperazine rings is 1. The average molecular weight is 419 g/mol. The third-order valence-corrected chi connectivity index (χ3v) is 5.08. The molecule has 154 valence electrons. The van der Waals surface area contributed by atoms with Gasteiger partial charge in [-0.1, -0.05) is 11.6 Å². The van der Waals surface area contributed by atoms with E-state index in [2.05, 4.69) is 0 Å². The Hall–Kier alpha value is -2.93. The SMILES string of the molecule is COc1cc(OC)cc(C(=O)N2CCN(C(=O)c3cc(Cl)ccc3OC)CC2)c1. The van der Waals surface area contributed by atoms with E-state index in [9.17, 15) is 9.59 Å². The Morgan fingerprint density at radius 2 is 1.34 bits per heavy atom. The summed E-state index contributed by atoms with van der Waals surface area (Å²) in [6.07, 6.45) is 0. The van der Waals surface area contributed by atoms with Gasteiger partial charge < -0.3 is 24.0 Å². The smallest absolute Gasteiger partial charge is 0.257 e. The van der Waals surface area contributed by atoms with E-state index in [-0.39, 0.29) is 11.8 Å². The molecule has 2 aromatic rings. The Morgan fingerprint density at radius 3 is 1.86 bits per heavy atom. The predicted octanol–water partition coefficient (Wildman–Crippen LogP) is 2.96. The first-order valence-electron chi connectivity index (χ1n) is 9.12. The van der Waals surface area contributed by atoms with Gasteiger partial charge in [-0.15, -0.1) is 0 Å². The predicted molar refractivity (Wildman–Crippen MR) is 109 cm³/mol. The lowest BCUT2D eigenvalue weighted by Gasteiger charge is -2.35. The van der Waals surface area contributed by atoms with Crippen LogP contribution in [0.15, 0.2) is 36.4 Å². The van der Waals surface area contributed by atoms with Crippen molar-refractivity contribution in [3.63, 3.8) is 0 Å². The molecule has 1 aliphatic rings. The van der Waals surface area contributed by atoms with E-state index in [1.165, 1.54) is 21.3 Å². The molecule has 0 aliphatic carbocycles. The number of carbonyl (C=O) groups excluding carboxylic acids is 2. The highest BCUT2D eigenvalue weighted by Gasteiger charge is 2.27. The highest BCUT2D eigenvalue weighted by molar-refractivity contribution is 6.31. The topological polar surface area (TPSA) is 68.3 Å². The average Bonchev–Trinajstić information content (AvgIpc) is 2.77. The maximum absolute atomic E-state index is 12.9. The first-order valence-corrected chi connectivity index (χ1v) is 9.49. The second kappa shape index (κ2) is 9.05. The first-order chi connectivity index (χ1) is 14.0. The van der Waals surface area contributed by atoms with E-state index in [1.807, 2.05) is 0 Å². The number of nitrogens with zero attached hydrogens (tertiary/aromatic N) is 2. The summed E-state index contributed by atoms with van der Waals surface area (Å²) < 4.78 is 15.8. The second-order valence-electron chi connectivity index (χ2n) is 6.53. The van der Waals surface area contributed by atoms with Gasteiger partial charge in [0.2, 0.25) is 0 Å². The Balaban J connectivity index is 1.70. The van der Waals surface area contributed by atoms with E-state index in [1.54, 1.807) is 46.2 Å². The third kappa shape index (κ3) is 4.56. The van der Waals surface area contributed by atoms with Crippen molar-refractivity contribution in [3.8, 4) is 17.2 Å². The van der Waals surface area contributed by atoms with Gasteiger partial charge in [-0.05, 0) is 30.3 Å². The van der Waals surface area contributed by atoms with E-state index >= 15 is 0 Å². The lowest BCUT2D eigenvalue weighted by Crippen LogP contribution is -2.50. The molecule has 1 saturated heterocycles. The van der Waals surface area contributed by atoms with Crippen molar-refractivity contribution >= 4 is 23.4 Å². The van der Waals surface area contributed by atoms with Gasteiger partial charge in [0.1, 0.15) is 17.2 Å². The molecule has 2 aromatic carbocycles. The van der Waals surface area contributed by atoms with E-state index in [0.29, 0.717) is 59.6 Å². The van der Waals surface area contributed by atoms with Crippen LogP contribution in [0, 0.1) is 0 Å². The lowest BCUT2D eigenvalue weighted by atomic mass is 10.1. The molecule has 1 fully saturated rings. The summed E-state index contributed by atoms with van der Waals surface area (Å²) in [6.45, 7) is 1.68. The third-order valence-electron chi connectivity index (χ3n) is 4.84. The quantitative estimate of drug-likeness (QED) is 0.746. The van der Waals surface area contributed by atoms with Crippen LogP contribution in [0.2, 0.25) is 5.02 Å². The number of carbonyl (C=O) groups is 2. The molecular formula is C21H23ClN2O5. The van der Waals surface area contributed by atoms with Crippen LogP contribution in [-0.4, -0.2) is 69.1 Å². The molecule has 8 heteroatoms. The fourth-order valence-electron chi connectivity index (χ4n) is 3.24. The maximum Gasteiger partial charge on any atom is 0.257 e. The minimum absolute atomic E-state index is 0.130. The summed E-state index contributed by atoms with van der Waals surface area (Å²) in [5.41, 5.74) is 0.898. The molecule has 29 heavy (non-hydrogen) atoms. The molecule has 2 amide bonds. The zero-order valence-corrected chi connectivity index (χ0v) is 17.4. The minimum Gasteiger partial charge on any atom is -0.497 e. The highest BCUT2D eigenvalue weighted by atomic mass is 35.5. The lowest BCUT2D eigenvalue weighted by molar-refractivity contribution is 0.0533. The molecule has 1 aliphatic heterocycles. The van der Waals surface area contributed by atoms with Gasteiger partial charge in [0.25, 0.3) is 11.8 Å². The van der Waals surface area contributed by atoms with Gasteiger partial charge in [0.05, 0.1) is 26.9 Å². The van der Waals surface area contributed by atoms with Gasteiger partial charge in [-0.25, -0.2) is 0 Å². The number of hydrogen-bond donors (Lipinski definition) is 0. The highest BCUT2D eigenvalue weighted by Crippen LogP contribution is 2.26. The number of halogens is 1. The second-order valence-corrected chi connectivity index (χ2v) is 6.97. The molecule has 0 aromatic heterocycles. The molecule has 1 heterocycles. The van der Waals surface area contributed by atoms with E-state index in [4.69, 9.17) is 25.8 Å².